The fourth-order valence-electron chi connectivity index (χ4n) is 9.73. The summed E-state index contributed by atoms with van der Waals surface area (Å²) in [6, 6.07) is 18.3. The van der Waals surface area contributed by atoms with Crippen LogP contribution in [0.15, 0.2) is 54.6 Å². The van der Waals surface area contributed by atoms with E-state index in [9.17, 15) is 24.4 Å². The summed E-state index contributed by atoms with van der Waals surface area (Å²) in [7, 11) is 0. The molecule has 6 aromatic carbocycles. The van der Waals surface area contributed by atoms with Crippen LogP contribution in [0.25, 0.3) is 47.9 Å². The Morgan fingerprint density at radius 2 is 1.13 bits per heavy atom. The maximum absolute atomic E-state index is 14.9. The molecule has 0 radical (unpaired) electrons. The molecule has 2 aliphatic heterocycles. The molecule has 0 spiro atoms. The van der Waals surface area contributed by atoms with Gasteiger partial charge in [0.05, 0.1) is 40.6 Å². The van der Waals surface area contributed by atoms with Gasteiger partial charge in [0, 0.05) is 21.7 Å². The molecule has 8 nitrogen and oxygen atoms in total. The summed E-state index contributed by atoms with van der Waals surface area (Å²) in [5.41, 5.74) is 3.98. The lowest BCUT2D eigenvalue weighted by molar-refractivity contribution is 0.0390. The van der Waals surface area contributed by atoms with Gasteiger partial charge < -0.3 is 4.74 Å². The molecule has 304 valence electrons. The molecule has 0 aromatic heterocycles. The number of imide groups is 1. The summed E-state index contributed by atoms with van der Waals surface area (Å²) in [4.78, 5) is 60.8. The Morgan fingerprint density at radius 1 is 0.600 bits per heavy atom. The van der Waals surface area contributed by atoms with Gasteiger partial charge in [-0.1, -0.05) is 98.3 Å². The number of nitriles is 1. The van der Waals surface area contributed by atoms with Gasteiger partial charge >= 0.3 is 11.9 Å². The molecule has 0 N–H and O–H groups in total. The number of carbonyl (C=O) groups excluding carboxylic acids is 4. The molecule has 0 saturated heterocycles. The maximum Gasteiger partial charge on any atom is 0.346 e. The normalized spacial score (nSPS) is 14.9. The standard InChI is InChI=1S/C52H51N3O5/c1-28(2)10-8-12-30(5)14-16-32-22-33(17-15-31(6)13-9-11-29(3)4)24-35(23-32)55-49(56)38-20-18-37-46-42(54-7)26-41-45-39(51(58)60-52(41)59)21-19-36(48(45)46)43-34(27-53)25-40(50(55)57)44(38)47(37)43/h18-26,28-31H,8-17H2,1-6H3. The van der Waals surface area contributed by atoms with E-state index in [1.807, 2.05) is 12.1 Å². The lowest BCUT2D eigenvalue weighted by Gasteiger charge is -2.30. The number of benzene rings is 6. The van der Waals surface area contributed by atoms with Crippen molar-refractivity contribution in [1.29, 1.82) is 5.26 Å². The molecule has 0 saturated carbocycles. The predicted molar refractivity (Wildman–Crippen MR) is 238 cm³/mol. The van der Waals surface area contributed by atoms with Gasteiger partial charge in [-0.2, -0.15) is 5.26 Å². The predicted octanol–water partition coefficient (Wildman–Crippen LogP) is 13.1. The molecule has 2 amide bonds. The van der Waals surface area contributed by atoms with E-state index in [4.69, 9.17) is 11.3 Å². The molecule has 2 aliphatic rings. The molecular weight excluding hydrogens is 747 g/mol. The molecule has 2 atom stereocenters. The van der Waals surface area contributed by atoms with Crippen LogP contribution in [0, 0.1) is 41.6 Å². The number of hydrogen-bond acceptors (Lipinski definition) is 6. The highest BCUT2D eigenvalue weighted by Crippen LogP contribution is 2.50. The van der Waals surface area contributed by atoms with Crippen LogP contribution in [-0.4, -0.2) is 23.8 Å². The van der Waals surface area contributed by atoms with Crippen LogP contribution < -0.4 is 4.90 Å². The molecule has 6 aromatic rings. The number of rotatable bonds is 15. The van der Waals surface area contributed by atoms with Crippen molar-refractivity contribution in [3.8, 4) is 6.07 Å². The number of hydrogen-bond donors (Lipinski definition) is 0. The highest BCUT2D eigenvalue weighted by molar-refractivity contribution is 6.45. The summed E-state index contributed by atoms with van der Waals surface area (Å²) in [5, 5.41) is 14.6. The number of carbonyl (C=O) groups is 4. The Bertz CT molecular complexity index is 2810. The quantitative estimate of drug-likeness (QED) is 0.0256. The van der Waals surface area contributed by atoms with E-state index in [1.54, 1.807) is 30.3 Å². The lowest BCUT2D eigenvalue weighted by atomic mass is 9.80. The van der Waals surface area contributed by atoms with E-state index in [1.165, 1.54) is 36.6 Å². The smallest absolute Gasteiger partial charge is 0.346 e. The van der Waals surface area contributed by atoms with Gasteiger partial charge in [0.2, 0.25) is 0 Å². The Labute approximate surface area is 351 Å². The first kappa shape index (κ1) is 40.7. The minimum Gasteiger partial charge on any atom is -0.386 e. The summed E-state index contributed by atoms with van der Waals surface area (Å²) in [6.45, 7) is 21.8. The number of amides is 2. The maximum atomic E-state index is 14.9. The zero-order chi connectivity index (χ0) is 42.6. The van der Waals surface area contributed by atoms with Crippen LogP contribution in [0.1, 0.15) is 151 Å². The lowest BCUT2D eigenvalue weighted by Crippen LogP contribution is -2.40. The average molecular weight is 798 g/mol. The molecule has 60 heavy (non-hydrogen) atoms. The Kier molecular flexibility index (Phi) is 10.9. The van der Waals surface area contributed by atoms with Crippen molar-refractivity contribution < 1.29 is 23.9 Å². The Hall–Kier alpha value is -6.12. The van der Waals surface area contributed by atoms with Crippen LogP contribution in [0.4, 0.5) is 11.4 Å². The second-order valence-corrected chi connectivity index (χ2v) is 18.3. The fraction of sp³-hybridized carbons (Fsp3) is 0.385. The van der Waals surface area contributed by atoms with E-state index in [0.29, 0.717) is 78.0 Å². The van der Waals surface area contributed by atoms with Crippen molar-refractivity contribution in [3.05, 3.63) is 105 Å². The number of aryl methyl sites for hydroxylation is 2. The van der Waals surface area contributed by atoms with Crippen molar-refractivity contribution in [2.75, 3.05) is 4.90 Å². The van der Waals surface area contributed by atoms with Crippen LogP contribution in [0.2, 0.25) is 0 Å². The van der Waals surface area contributed by atoms with Gasteiger partial charge in [-0.3, -0.25) is 9.59 Å². The summed E-state index contributed by atoms with van der Waals surface area (Å²) in [5.74, 6) is -0.128. The summed E-state index contributed by atoms with van der Waals surface area (Å²) in [6.07, 6.45) is 10.8. The molecule has 2 heterocycles. The SMILES string of the molecule is [C-]#[N+]c1cc2c3c(ccc4c5c(C#N)cc6c7c(ccc(c1c34)c75)C(=O)N(c1cc(CCC(C)CCCC(C)C)cc(CCC(C)CCCC(C)C)c1)C6=O)C(=O)OC2=O. The van der Waals surface area contributed by atoms with E-state index in [0.717, 1.165) is 49.7 Å². The monoisotopic (exact) mass is 797 g/mol. The van der Waals surface area contributed by atoms with Gasteiger partial charge in [-0.15, -0.1) is 0 Å². The highest BCUT2D eigenvalue weighted by atomic mass is 16.6. The molecule has 0 aliphatic carbocycles. The molecule has 8 rings (SSSR count). The second-order valence-electron chi connectivity index (χ2n) is 18.3. The fourth-order valence-corrected chi connectivity index (χ4v) is 9.73. The average Bonchev–Trinajstić information content (AvgIpc) is 3.22. The molecule has 2 unspecified atom stereocenters. The first-order valence-electron chi connectivity index (χ1n) is 21.6. The largest absolute Gasteiger partial charge is 0.386 e. The molecular formula is C52H51N3O5. The van der Waals surface area contributed by atoms with E-state index in [2.05, 4.69) is 58.5 Å². The minimum atomic E-state index is -0.839. The number of cyclic esters (lactones) is 2. The first-order valence-corrected chi connectivity index (χ1v) is 21.6. The number of ether oxygens (including phenoxy) is 1. The third-order valence-electron chi connectivity index (χ3n) is 12.9. The van der Waals surface area contributed by atoms with Gasteiger partial charge in [-0.05, 0) is 124 Å². The van der Waals surface area contributed by atoms with Crippen molar-refractivity contribution in [2.45, 2.75) is 106 Å². The van der Waals surface area contributed by atoms with Crippen LogP contribution in [0.5, 0.6) is 0 Å². The highest BCUT2D eigenvalue weighted by Gasteiger charge is 2.38. The van der Waals surface area contributed by atoms with Crippen molar-refractivity contribution >= 4 is 78.2 Å². The Morgan fingerprint density at radius 3 is 1.72 bits per heavy atom. The van der Waals surface area contributed by atoms with Crippen LogP contribution in [-0.2, 0) is 17.6 Å². The van der Waals surface area contributed by atoms with Crippen LogP contribution >= 0.6 is 0 Å². The number of anilines is 1. The van der Waals surface area contributed by atoms with E-state index in [-0.39, 0.29) is 27.9 Å². The zero-order valence-corrected chi connectivity index (χ0v) is 35.5. The van der Waals surface area contributed by atoms with E-state index >= 15 is 0 Å². The minimum absolute atomic E-state index is 0.104. The number of fused-ring (bicyclic) bond motifs is 2. The van der Waals surface area contributed by atoms with Gasteiger partial charge in [0.15, 0.2) is 5.69 Å². The van der Waals surface area contributed by atoms with Crippen molar-refractivity contribution in [1.82, 2.24) is 0 Å². The van der Waals surface area contributed by atoms with E-state index < -0.39 is 23.8 Å². The number of esters is 2. The third kappa shape index (κ3) is 7.06. The third-order valence-corrected chi connectivity index (χ3v) is 12.9. The molecule has 8 heteroatoms. The van der Waals surface area contributed by atoms with Crippen molar-refractivity contribution in [2.24, 2.45) is 23.7 Å². The first-order chi connectivity index (χ1) is 28.8. The zero-order valence-electron chi connectivity index (χ0n) is 35.5. The summed E-state index contributed by atoms with van der Waals surface area (Å²) < 4.78 is 5.02. The molecule has 0 fully saturated rings. The van der Waals surface area contributed by atoms with Crippen LogP contribution in [0.3, 0.4) is 0 Å². The second kappa shape index (κ2) is 16.1. The topological polar surface area (TPSA) is 109 Å². The summed E-state index contributed by atoms with van der Waals surface area (Å²) >= 11 is 0. The van der Waals surface area contributed by atoms with Crippen molar-refractivity contribution in [3.63, 3.8) is 0 Å². The van der Waals surface area contributed by atoms with Gasteiger partial charge in [0.25, 0.3) is 11.8 Å². The molecule has 0 bridgehead atoms. The number of nitrogens with zero attached hydrogens (tertiary/aromatic N) is 3. The van der Waals surface area contributed by atoms with Gasteiger partial charge in [-0.25, -0.2) is 19.3 Å². The Balaban J connectivity index is 1.25. The van der Waals surface area contributed by atoms with Gasteiger partial charge in [0.1, 0.15) is 0 Å².